The fraction of sp³-hybridized carbons (Fsp3) is 0. The third-order valence-electron chi connectivity index (χ3n) is 10.2. The van der Waals surface area contributed by atoms with Gasteiger partial charge >= 0.3 is 0 Å². The Kier molecular flexibility index (Phi) is 7.41. The van der Waals surface area contributed by atoms with E-state index in [0.29, 0.717) is 0 Å². The number of nitrogens with zero attached hydrogens (tertiary/aromatic N) is 1. The van der Waals surface area contributed by atoms with Crippen LogP contribution in [0, 0.1) is 0 Å². The first kappa shape index (κ1) is 30.4. The minimum absolute atomic E-state index is 1.12. The Morgan fingerprint density at radius 3 is 1.52 bits per heavy atom. The van der Waals surface area contributed by atoms with E-state index in [0.717, 1.165) is 11.4 Å². The van der Waals surface area contributed by atoms with E-state index in [1.807, 2.05) is 11.3 Å². The van der Waals surface area contributed by atoms with E-state index >= 15 is 0 Å². The molecule has 0 amide bonds. The summed E-state index contributed by atoms with van der Waals surface area (Å²) in [6.07, 6.45) is 0. The van der Waals surface area contributed by atoms with E-state index in [-0.39, 0.29) is 0 Å². The van der Waals surface area contributed by atoms with Crippen LogP contribution in [0.5, 0.6) is 0 Å². The van der Waals surface area contributed by atoms with E-state index < -0.39 is 0 Å². The number of benzene rings is 9. The Balaban J connectivity index is 1.29. The van der Waals surface area contributed by atoms with Crippen LogP contribution in [0.25, 0.3) is 75.1 Å². The van der Waals surface area contributed by atoms with Gasteiger partial charge in [0.05, 0.1) is 11.4 Å². The van der Waals surface area contributed by atoms with Crippen molar-refractivity contribution in [3.05, 3.63) is 200 Å². The lowest BCUT2D eigenvalue weighted by Crippen LogP contribution is -2.11. The predicted molar refractivity (Wildman–Crippen MR) is 225 cm³/mol. The van der Waals surface area contributed by atoms with Crippen molar-refractivity contribution >= 4 is 70.1 Å². The molecule has 52 heavy (non-hydrogen) atoms. The quantitative estimate of drug-likeness (QED) is 0.158. The summed E-state index contributed by atoms with van der Waals surface area (Å²) in [6, 6.07) is 73.0. The topological polar surface area (TPSA) is 3.24 Å². The summed E-state index contributed by atoms with van der Waals surface area (Å²) in [7, 11) is 0. The summed E-state index contributed by atoms with van der Waals surface area (Å²) in [4.78, 5) is 2.51. The molecule has 0 N–H and O–H groups in total. The van der Waals surface area contributed by atoms with Gasteiger partial charge in [-0.2, -0.15) is 0 Å². The number of fused-ring (bicyclic) bond motifs is 6. The van der Waals surface area contributed by atoms with E-state index in [4.69, 9.17) is 0 Å². The normalized spacial score (nSPS) is 11.5. The summed E-state index contributed by atoms with van der Waals surface area (Å²) in [5.74, 6) is 0. The molecule has 0 unspecified atom stereocenters. The van der Waals surface area contributed by atoms with Crippen LogP contribution in [0.4, 0.5) is 17.1 Å². The maximum absolute atomic E-state index is 2.51. The fourth-order valence-corrected chi connectivity index (χ4v) is 8.93. The largest absolute Gasteiger partial charge is 0.309 e. The van der Waals surface area contributed by atoms with Crippen molar-refractivity contribution in [2.24, 2.45) is 0 Å². The molecule has 0 saturated carbocycles. The first-order chi connectivity index (χ1) is 25.8. The molecule has 244 valence electrons. The third kappa shape index (κ3) is 5.24. The lowest BCUT2D eigenvalue weighted by atomic mass is 9.96. The van der Waals surface area contributed by atoms with Crippen LogP contribution in [0.1, 0.15) is 0 Å². The zero-order valence-corrected chi connectivity index (χ0v) is 29.2. The zero-order chi connectivity index (χ0) is 34.4. The molecular weight excluding hydrogens is 647 g/mol. The molecule has 2 heteroatoms. The highest BCUT2D eigenvalue weighted by molar-refractivity contribution is 7.26. The molecule has 0 aliphatic carbocycles. The van der Waals surface area contributed by atoms with Crippen molar-refractivity contribution in [3.8, 4) is 33.4 Å². The van der Waals surface area contributed by atoms with Gasteiger partial charge in [-0.25, -0.2) is 0 Å². The third-order valence-corrected chi connectivity index (χ3v) is 11.3. The summed E-state index contributed by atoms with van der Waals surface area (Å²) in [5.41, 5.74) is 10.7. The number of hydrogen-bond donors (Lipinski definition) is 0. The summed E-state index contributed by atoms with van der Waals surface area (Å²) in [6.45, 7) is 0. The Morgan fingerprint density at radius 1 is 0.308 bits per heavy atom. The van der Waals surface area contributed by atoms with Crippen LogP contribution >= 0.6 is 11.3 Å². The standard InChI is InChI=1S/C50H33NS/c1-4-14-34(15-5-1)37-24-27-41(28-25-37)51(46-30-39-20-10-11-21-42(39)43-22-12-13-23-44(43)46)47-31-40(36-18-8-3-9-19-36)33-49-50(47)45-29-26-38(32-48(45)52-49)35-16-6-2-7-17-35/h1-33H. The minimum Gasteiger partial charge on any atom is -0.309 e. The average molecular weight is 680 g/mol. The van der Waals surface area contributed by atoms with E-state index in [9.17, 15) is 0 Å². The molecule has 1 heterocycles. The molecule has 0 bridgehead atoms. The molecule has 9 aromatic carbocycles. The summed E-state index contributed by atoms with van der Waals surface area (Å²) >= 11 is 1.88. The van der Waals surface area contributed by atoms with Crippen LogP contribution < -0.4 is 4.90 Å². The summed E-state index contributed by atoms with van der Waals surface area (Å²) in [5, 5.41) is 7.49. The molecule has 0 atom stereocenters. The van der Waals surface area contributed by atoms with Gasteiger partial charge in [-0.1, -0.05) is 164 Å². The van der Waals surface area contributed by atoms with Crippen molar-refractivity contribution in [1.82, 2.24) is 0 Å². The Labute approximate surface area is 307 Å². The van der Waals surface area contributed by atoms with Crippen LogP contribution in [-0.4, -0.2) is 0 Å². The fourth-order valence-electron chi connectivity index (χ4n) is 7.73. The molecule has 1 aromatic heterocycles. The summed E-state index contributed by atoms with van der Waals surface area (Å²) < 4.78 is 2.55. The van der Waals surface area contributed by atoms with Crippen LogP contribution in [-0.2, 0) is 0 Å². The van der Waals surface area contributed by atoms with Gasteiger partial charge in [0.25, 0.3) is 0 Å². The van der Waals surface area contributed by atoms with Gasteiger partial charge < -0.3 is 4.90 Å². The highest BCUT2D eigenvalue weighted by Gasteiger charge is 2.23. The van der Waals surface area contributed by atoms with Crippen LogP contribution in [0.15, 0.2) is 200 Å². The predicted octanol–water partition coefficient (Wildman–Crippen LogP) is 14.8. The lowest BCUT2D eigenvalue weighted by molar-refractivity contribution is 1.32. The van der Waals surface area contributed by atoms with E-state index in [2.05, 4.69) is 205 Å². The monoisotopic (exact) mass is 679 g/mol. The molecule has 10 aromatic rings. The smallest absolute Gasteiger partial charge is 0.0561 e. The van der Waals surface area contributed by atoms with Crippen molar-refractivity contribution in [1.29, 1.82) is 0 Å². The molecule has 0 radical (unpaired) electrons. The number of hydrogen-bond acceptors (Lipinski definition) is 2. The van der Waals surface area contributed by atoms with Gasteiger partial charge in [-0.3, -0.25) is 0 Å². The first-order valence-electron chi connectivity index (χ1n) is 17.8. The highest BCUT2D eigenvalue weighted by atomic mass is 32.1. The Hall–Kier alpha value is -6.48. The second-order valence-corrected chi connectivity index (χ2v) is 14.4. The highest BCUT2D eigenvalue weighted by Crippen LogP contribution is 2.50. The second kappa shape index (κ2) is 12.7. The molecule has 10 rings (SSSR count). The average Bonchev–Trinajstić information content (AvgIpc) is 3.60. The van der Waals surface area contributed by atoms with Crippen molar-refractivity contribution < 1.29 is 0 Å². The molecule has 0 fully saturated rings. The van der Waals surface area contributed by atoms with Gasteiger partial charge in [0, 0.05) is 31.2 Å². The van der Waals surface area contributed by atoms with Crippen molar-refractivity contribution in [3.63, 3.8) is 0 Å². The molecule has 0 aliphatic heterocycles. The van der Waals surface area contributed by atoms with Gasteiger partial charge in [-0.05, 0) is 85.9 Å². The van der Waals surface area contributed by atoms with Crippen LogP contribution in [0.2, 0.25) is 0 Å². The van der Waals surface area contributed by atoms with Gasteiger partial charge in [-0.15, -0.1) is 11.3 Å². The van der Waals surface area contributed by atoms with E-state index in [1.54, 1.807) is 0 Å². The molecule has 0 saturated heterocycles. The van der Waals surface area contributed by atoms with Crippen molar-refractivity contribution in [2.45, 2.75) is 0 Å². The zero-order valence-electron chi connectivity index (χ0n) is 28.4. The molecule has 1 nitrogen and oxygen atoms in total. The van der Waals surface area contributed by atoms with Gasteiger partial charge in [0.1, 0.15) is 0 Å². The Bertz CT molecular complexity index is 2870. The lowest BCUT2D eigenvalue weighted by Gasteiger charge is -2.29. The second-order valence-electron chi connectivity index (χ2n) is 13.3. The molecule has 0 spiro atoms. The minimum atomic E-state index is 1.12. The van der Waals surface area contributed by atoms with Gasteiger partial charge in [0.2, 0.25) is 0 Å². The molecular formula is C50H33NS. The van der Waals surface area contributed by atoms with Crippen LogP contribution in [0.3, 0.4) is 0 Å². The maximum Gasteiger partial charge on any atom is 0.0561 e. The molecule has 0 aliphatic rings. The number of anilines is 3. The van der Waals surface area contributed by atoms with Gasteiger partial charge in [0.15, 0.2) is 0 Å². The number of rotatable bonds is 6. The first-order valence-corrected chi connectivity index (χ1v) is 18.6. The van der Waals surface area contributed by atoms with E-state index in [1.165, 1.54) is 80.8 Å². The maximum atomic E-state index is 2.51. The Morgan fingerprint density at radius 2 is 0.827 bits per heavy atom. The number of thiophene rings is 1. The van der Waals surface area contributed by atoms with Crippen molar-refractivity contribution in [2.75, 3.05) is 4.90 Å². The SMILES string of the molecule is c1ccc(-c2ccc(N(c3cc4ccccc4c4ccccc34)c3cc(-c4ccccc4)cc4sc5cc(-c6ccccc6)ccc5c34)cc2)cc1.